The van der Waals surface area contributed by atoms with Crippen molar-refractivity contribution in [2.75, 3.05) is 7.05 Å². The van der Waals surface area contributed by atoms with E-state index in [0.717, 1.165) is 15.8 Å². The summed E-state index contributed by atoms with van der Waals surface area (Å²) in [7, 11) is 1.75. The van der Waals surface area contributed by atoms with Crippen molar-refractivity contribution in [3.8, 4) is 0 Å². The van der Waals surface area contributed by atoms with Crippen molar-refractivity contribution in [1.82, 2.24) is 4.90 Å². The first-order valence-electron chi connectivity index (χ1n) is 6.86. The third-order valence-corrected chi connectivity index (χ3v) is 6.10. The fraction of sp³-hybridized carbons (Fsp3) is 0.467. The molecule has 4 unspecified atom stereocenters. The molecule has 1 fully saturated rings. The van der Waals surface area contributed by atoms with Crippen LogP contribution in [0.1, 0.15) is 11.3 Å². The van der Waals surface area contributed by atoms with Crippen LogP contribution in [0.5, 0.6) is 0 Å². The molecule has 2 aliphatic rings. The van der Waals surface area contributed by atoms with Gasteiger partial charge in [-0.3, -0.25) is 9.59 Å². The maximum absolute atomic E-state index is 12.7. The van der Waals surface area contributed by atoms with Crippen LogP contribution in [-0.2, 0) is 16.1 Å². The van der Waals surface area contributed by atoms with Crippen LogP contribution in [0.2, 0.25) is 0 Å². The van der Waals surface area contributed by atoms with Crippen molar-refractivity contribution in [1.29, 1.82) is 0 Å². The first-order valence-corrected chi connectivity index (χ1v) is 8.53. The molecule has 1 N–H and O–H groups in total. The number of thiophene rings is 1. The van der Waals surface area contributed by atoms with Gasteiger partial charge in [0.05, 0.1) is 18.4 Å². The lowest BCUT2D eigenvalue weighted by molar-refractivity contribution is -0.150. The third-order valence-electron chi connectivity index (χ3n) is 4.42. The number of carboxylic acids is 1. The molecule has 4 nitrogen and oxygen atoms in total. The number of rotatable bonds is 4. The maximum atomic E-state index is 12.7. The lowest BCUT2D eigenvalue weighted by Crippen LogP contribution is -2.40. The molecule has 2 bridgehead atoms. The number of allylic oxidation sites excluding steroid dienone is 2. The van der Waals surface area contributed by atoms with Crippen molar-refractivity contribution >= 4 is 39.1 Å². The van der Waals surface area contributed by atoms with Gasteiger partial charge in [-0.2, -0.15) is 0 Å². The van der Waals surface area contributed by atoms with Crippen molar-refractivity contribution in [2.45, 2.75) is 13.0 Å². The molecule has 1 heterocycles. The second kappa shape index (κ2) is 5.57. The van der Waals surface area contributed by atoms with E-state index in [4.69, 9.17) is 0 Å². The summed E-state index contributed by atoms with van der Waals surface area (Å²) < 4.78 is 1.01. The Labute approximate surface area is 135 Å². The normalized spacial score (nSPS) is 29.8. The highest BCUT2D eigenvalue weighted by Crippen LogP contribution is 2.48. The molecule has 1 amide bonds. The SMILES string of the molecule is CN(Cc1cc(Br)cs1)C(=O)C1C2C=CC(C2)C1C(=O)O. The number of aliphatic carboxylic acids is 1. The van der Waals surface area contributed by atoms with Crippen LogP contribution in [0.3, 0.4) is 0 Å². The molecule has 0 spiro atoms. The number of carboxylic acid groups (broad SMARTS) is 1. The Hall–Kier alpha value is -1.14. The van der Waals surface area contributed by atoms with Gasteiger partial charge in [0.15, 0.2) is 0 Å². The summed E-state index contributed by atoms with van der Waals surface area (Å²) >= 11 is 4.99. The molecule has 3 rings (SSSR count). The van der Waals surface area contributed by atoms with Gasteiger partial charge in [-0.1, -0.05) is 12.2 Å². The fourth-order valence-electron chi connectivity index (χ4n) is 3.50. The predicted molar refractivity (Wildman–Crippen MR) is 83.8 cm³/mol. The van der Waals surface area contributed by atoms with Crippen LogP contribution in [0, 0.1) is 23.7 Å². The highest BCUT2D eigenvalue weighted by Gasteiger charge is 2.52. The van der Waals surface area contributed by atoms with Gasteiger partial charge in [0.1, 0.15) is 0 Å². The van der Waals surface area contributed by atoms with E-state index < -0.39 is 17.8 Å². The molecule has 4 atom stereocenters. The monoisotopic (exact) mass is 369 g/mol. The number of hydrogen-bond donors (Lipinski definition) is 1. The molecule has 1 aromatic heterocycles. The summed E-state index contributed by atoms with van der Waals surface area (Å²) in [6, 6.07) is 1.99. The molecule has 0 aliphatic heterocycles. The van der Waals surface area contributed by atoms with Gasteiger partial charge in [-0.05, 0) is 40.3 Å². The standard InChI is InChI=1S/C15H16BrNO3S/c1-17(6-11-5-10(16)7-21-11)14(18)12-8-2-3-9(4-8)13(12)15(19)20/h2-3,5,7-9,12-13H,4,6H2,1H3,(H,19,20). The summed E-state index contributed by atoms with van der Waals surface area (Å²) in [5, 5.41) is 11.4. The number of amides is 1. The molecule has 112 valence electrons. The highest BCUT2D eigenvalue weighted by atomic mass is 79.9. The van der Waals surface area contributed by atoms with Gasteiger partial charge in [-0.15, -0.1) is 11.3 Å². The molecule has 0 aromatic carbocycles. The minimum Gasteiger partial charge on any atom is -0.481 e. The van der Waals surface area contributed by atoms with Crippen LogP contribution in [-0.4, -0.2) is 28.9 Å². The van der Waals surface area contributed by atoms with Crippen LogP contribution in [0.4, 0.5) is 0 Å². The van der Waals surface area contributed by atoms with Gasteiger partial charge >= 0.3 is 5.97 Å². The molecule has 2 aliphatic carbocycles. The molecular formula is C15H16BrNO3S. The summed E-state index contributed by atoms with van der Waals surface area (Å²) in [6.07, 6.45) is 4.78. The Balaban J connectivity index is 1.74. The second-order valence-electron chi connectivity index (χ2n) is 5.76. The average molecular weight is 370 g/mol. The van der Waals surface area contributed by atoms with Crippen molar-refractivity contribution in [3.05, 3.63) is 32.9 Å². The largest absolute Gasteiger partial charge is 0.481 e. The molecule has 6 heteroatoms. The van der Waals surface area contributed by atoms with Crippen LogP contribution < -0.4 is 0 Å². The summed E-state index contributed by atoms with van der Waals surface area (Å²) in [4.78, 5) is 26.9. The summed E-state index contributed by atoms with van der Waals surface area (Å²) in [5.41, 5.74) is 0. The summed E-state index contributed by atoms with van der Waals surface area (Å²) in [6.45, 7) is 0.527. The third kappa shape index (κ3) is 2.66. The van der Waals surface area contributed by atoms with E-state index in [2.05, 4.69) is 15.9 Å². The zero-order chi connectivity index (χ0) is 15.1. The Morgan fingerprint density at radius 2 is 2.05 bits per heavy atom. The summed E-state index contributed by atoms with van der Waals surface area (Å²) in [5.74, 6) is -1.77. The number of hydrogen-bond acceptors (Lipinski definition) is 3. The van der Waals surface area contributed by atoms with Gasteiger partial charge in [-0.25, -0.2) is 0 Å². The highest BCUT2D eigenvalue weighted by molar-refractivity contribution is 9.10. The maximum Gasteiger partial charge on any atom is 0.307 e. The van der Waals surface area contributed by atoms with Crippen molar-refractivity contribution in [3.63, 3.8) is 0 Å². The molecule has 1 saturated carbocycles. The van der Waals surface area contributed by atoms with E-state index in [0.29, 0.717) is 6.54 Å². The van der Waals surface area contributed by atoms with Gasteiger partial charge in [0.2, 0.25) is 5.91 Å². The van der Waals surface area contributed by atoms with Crippen LogP contribution in [0.25, 0.3) is 0 Å². The zero-order valence-corrected chi connectivity index (χ0v) is 13.9. The zero-order valence-electron chi connectivity index (χ0n) is 11.5. The van der Waals surface area contributed by atoms with E-state index in [1.807, 2.05) is 23.6 Å². The average Bonchev–Trinajstić information content (AvgIpc) is 3.12. The Morgan fingerprint density at radius 1 is 1.38 bits per heavy atom. The lowest BCUT2D eigenvalue weighted by Gasteiger charge is -2.28. The van der Waals surface area contributed by atoms with E-state index in [-0.39, 0.29) is 17.7 Å². The van der Waals surface area contributed by atoms with Gasteiger partial charge in [0, 0.05) is 21.8 Å². The minimum atomic E-state index is -0.850. The van der Waals surface area contributed by atoms with E-state index in [1.54, 1.807) is 23.3 Å². The molecule has 0 radical (unpaired) electrons. The topological polar surface area (TPSA) is 57.6 Å². The number of carbonyl (C=O) groups excluding carboxylic acids is 1. The number of halogens is 1. The molecule has 21 heavy (non-hydrogen) atoms. The van der Waals surface area contributed by atoms with Crippen LogP contribution in [0.15, 0.2) is 28.1 Å². The van der Waals surface area contributed by atoms with E-state index in [1.165, 1.54) is 0 Å². The number of fused-ring (bicyclic) bond motifs is 2. The molecule has 0 saturated heterocycles. The van der Waals surface area contributed by atoms with Crippen LogP contribution >= 0.6 is 27.3 Å². The van der Waals surface area contributed by atoms with E-state index in [9.17, 15) is 14.7 Å². The molecule has 1 aromatic rings. The van der Waals surface area contributed by atoms with Crippen molar-refractivity contribution < 1.29 is 14.7 Å². The van der Waals surface area contributed by atoms with Gasteiger partial charge < -0.3 is 10.0 Å². The van der Waals surface area contributed by atoms with E-state index >= 15 is 0 Å². The second-order valence-corrected chi connectivity index (χ2v) is 7.68. The minimum absolute atomic E-state index is 0.0192. The Bertz CT molecular complexity index is 612. The molecular weight excluding hydrogens is 354 g/mol. The first-order chi connectivity index (χ1) is 9.97. The quantitative estimate of drug-likeness (QED) is 0.829. The Morgan fingerprint density at radius 3 is 2.62 bits per heavy atom. The van der Waals surface area contributed by atoms with Crippen molar-refractivity contribution in [2.24, 2.45) is 23.7 Å². The smallest absolute Gasteiger partial charge is 0.307 e. The number of carbonyl (C=O) groups is 2. The number of nitrogens with zero attached hydrogens (tertiary/aromatic N) is 1. The Kier molecular flexibility index (Phi) is 3.92. The van der Waals surface area contributed by atoms with Gasteiger partial charge in [0.25, 0.3) is 0 Å². The predicted octanol–water partition coefficient (Wildman–Crippen LogP) is 2.99. The first kappa shape index (κ1) is 14.8. The fourth-order valence-corrected chi connectivity index (χ4v) is 5.00. The lowest BCUT2D eigenvalue weighted by atomic mass is 9.82.